The van der Waals surface area contributed by atoms with Gasteiger partial charge in [-0.2, -0.15) is 5.26 Å². The van der Waals surface area contributed by atoms with E-state index in [1.54, 1.807) is 0 Å². The molecule has 90 valence electrons. The maximum atomic E-state index is 8.59. The minimum absolute atomic E-state index is 0.528. The quantitative estimate of drug-likeness (QED) is 0.403. The fraction of sp³-hybridized carbons (Fsp3) is 0.273. The SMILES string of the molecule is CCOc1cccc(Br)c1N=C(NC#N)SC. The molecule has 0 aliphatic carbocycles. The van der Waals surface area contributed by atoms with Crippen LogP contribution in [-0.2, 0) is 0 Å². The van der Waals surface area contributed by atoms with E-state index < -0.39 is 0 Å². The van der Waals surface area contributed by atoms with Crippen molar-refractivity contribution in [3.63, 3.8) is 0 Å². The molecule has 0 saturated heterocycles. The van der Waals surface area contributed by atoms with Gasteiger partial charge in [-0.15, -0.1) is 0 Å². The molecule has 0 aromatic heterocycles. The van der Waals surface area contributed by atoms with Gasteiger partial charge in [-0.05, 0) is 41.2 Å². The summed E-state index contributed by atoms with van der Waals surface area (Å²) in [4.78, 5) is 4.36. The number of nitriles is 1. The molecule has 0 aliphatic rings. The van der Waals surface area contributed by atoms with Crippen molar-refractivity contribution in [2.75, 3.05) is 12.9 Å². The Hall–Kier alpha value is -1.19. The number of aliphatic imine (C=N–C) groups is 1. The second-order valence-corrected chi connectivity index (χ2v) is 4.53. The lowest BCUT2D eigenvalue weighted by Gasteiger charge is -2.09. The first-order chi connectivity index (χ1) is 8.22. The number of ether oxygens (including phenoxy) is 1. The van der Waals surface area contributed by atoms with E-state index in [1.807, 2.05) is 37.6 Å². The number of hydrogen-bond acceptors (Lipinski definition) is 4. The molecule has 0 spiro atoms. The Balaban J connectivity index is 3.15. The van der Waals surface area contributed by atoms with Gasteiger partial charge < -0.3 is 4.74 Å². The first kappa shape index (κ1) is 13.9. The number of nitrogens with zero attached hydrogens (tertiary/aromatic N) is 2. The van der Waals surface area contributed by atoms with Gasteiger partial charge >= 0.3 is 0 Å². The highest BCUT2D eigenvalue weighted by molar-refractivity contribution is 9.10. The van der Waals surface area contributed by atoms with Crippen LogP contribution in [0.4, 0.5) is 5.69 Å². The Morgan fingerprint density at radius 1 is 1.65 bits per heavy atom. The van der Waals surface area contributed by atoms with Crippen LogP contribution in [0, 0.1) is 11.5 Å². The molecule has 1 aromatic carbocycles. The summed E-state index contributed by atoms with van der Waals surface area (Å²) in [6, 6.07) is 5.60. The molecule has 4 nitrogen and oxygen atoms in total. The number of thioether (sulfide) groups is 1. The first-order valence-electron chi connectivity index (χ1n) is 4.92. The Kier molecular flexibility index (Phi) is 5.87. The van der Waals surface area contributed by atoms with Gasteiger partial charge in [0.2, 0.25) is 0 Å². The lowest BCUT2D eigenvalue weighted by molar-refractivity contribution is 0.341. The van der Waals surface area contributed by atoms with Crippen LogP contribution in [0.1, 0.15) is 6.92 Å². The Morgan fingerprint density at radius 3 is 3.00 bits per heavy atom. The summed E-state index contributed by atoms with van der Waals surface area (Å²) in [6.07, 6.45) is 3.70. The third-order valence-electron chi connectivity index (χ3n) is 1.82. The monoisotopic (exact) mass is 313 g/mol. The maximum absolute atomic E-state index is 8.59. The molecule has 0 heterocycles. The summed E-state index contributed by atoms with van der Waals surface area (Å²) >= 11 is 4.78. The predicted octanol–water partition coefficient (Wildman–Crippen LogP) is 3.27. The number of amidine groups is 1. The van der Waals surface area contributed by atoms with E-state index in [4.69, 9.17) is 10.00 Å². The van der Waals surface area contributed by atoms with Crippen molar-refractivity contribution in [3.05, 3.63) is 22.7 Å². The van der Waals surface area contributed by atoms with E-state index in [1.165, 1.54) is 11.8 Å². The highest BCUT2D eigenvalue weighted by Gasteiger charge is 2.08. The van der Waals surface area contributed by atoms with Crippen molar-refractivity contribution in [1.29, 1.82) is 5.26 Å². The average molecular weight is 314 g/mol. The van der Waals surface area contributed by atoms with Crippen molar-refractivity contribution in [1.82, 2.24) is 5.32 Å². The van der Waals surface area contributed by atoms with Crippen molar-refractivity contribution < 1.29 is 4.74 Å². The van der Waals surface area contributed by atoms with Gasteiger partial charge in [-0.25, -0.2) is 4.99 Å². The fourth-order valence-electron chi connectivity index (χ4n) is 1.15. The molecule has 1 N–H and O–H groups in total. The first-order valence-corrected chi connectivity index (χ1v) is 6.93. The second-order valence-electron chi connectivity index (χ2n) is 2.88. The second kappa shape index (κ2) is 7.20. The highest BCUT2D eigenvalue weighted by atomic mass is 79.9. The Labute approximate surface area is 113 Å². The summed E-state index contributed by atoms with van der Waals surface area (Å²) in [5.41, 5.74) is 0.682. The van der Waals surface area contributed by atoms with E-state index in [-0.39, 0.29) is 0 Å². The Morgan fingerprint density at radius 2 is 2.41 bits per heavy atom. The number of rotatable bonds is 3. The van der Waals surface area contributed by atoms with Gasteiger partial charge in [-0.1, -0.05) is 17.8 Å². The van der Waals surface area contributed by atoms with Crippen LogP contribution < -0.4 is 10.1 Å². The zero-order valence-corrected chi connectivity index (χ0v) is 11.9. The van der Waals surface area contributed by atoms with Crippen LogP contribution in [0.15, 0.2) is 27.7 Å². The molecule has 1 rings (SSSR count). The zero-order valence-electron chi connectivity index (χ0n) is 9.53. The molecule has 0 fully saturated rings. The molecule has 17 heavy (non-hydrogen) atoms. The minimum atomic E-state index is 0.528. The molecule has 0 atom stereocenters. The molecule has 6 heteroatoms. The molecular weight excluding hydrogens is 302 g/mol. The van der Waals surface area contributed by atoms with Crippen LogP contribution in [0.2, 0.25) is 0 Å². The number of hydrogen-bond donors (Lipinski definition) is 1. The smallest absolute Gasteiger partial charge is 0.183 e. The van der Waals surface area contributed by atoms with Crippen LogP contribution in [0.3, 0.4) is 0 Å². The number of nitrogens with one attached hydrogen (secondary N) is 1. The number of benzene rings is 1. The topological polar surface area (TPSA) is 57.4 Å². The zero-order chi connectivity index (χ0) is 12.7. The predicted molar refractivity (Wildman–Crippen MR) is 74.7 cm³/mol. The van der Waals surface area contributed by atoms with Crippen molar-refractivity contribution in [2.24, 2.45) is 4.99 Å². The lowest BCUT2D eigenvalue weighted by atomic mass is 10.3. The molecule has 0 unspecified atom stereocenters. The van der Waals surface area contributed by atoms with Gasteiger partial charge in [0, 0.05) is 4.47 Å². The van der Waals surface area contributed by atoms with Gasteiger partial charge in [0.1, 0.15) is 11.4 Å². The van der Waals surface area contributed by atoms with Gasteiger partial charge in [0.15, 0.2) is 11.4 Å². The normalized spacial score (nSPS) is 10.8. The van der Waals surface area contributed by atoms with Crippen LogP contribution >= 0.6 is 27.7 Å². The molecule has 0 aliphatic heterocycles. The third kappa shape index (κ3) is 3.95. The van der Waals surface area contributed by atoms with E-state index >= 15 is 0 Å². The highest BCUT2D eigenvalue weighted by Crippen LogP contribution is 2.35. The lowest BCUT2D eigenvalue weighted by Crippen LogP contribution is -2.12. The van der Waals surface area contributed by atoms with E-state index in [9.17, 15) is 0 Å². The molecule has 0 saturated carbocycles. The van der Waals surface area contributed by atoms with Gasteiger partial charge in [0.05, 0.1) is 6.61 Å². The van der Waals surface area contributed by atoms with E-state index in [0.717, 1.165) is 4.47 Å². The average Bonchev–Trinajstić information content (AvgIpc) is 2.32. The largest absolute Gasteiger partial charge is 0.492 e. The standard InChI is InChI=1S/C11H12BrN3OS/c1-3-16-9-6-4-5-8(12)10(9)15-11(17-2)14-7-13/h4-6H,3H2,1-2H3,(H,14,15). The van der Waals surface area contributed by atoms with Crippen molar-refractivity contribution in [3.8, 4) is 11.9 Å². The fourth-order valence-corrected chi connectivity index (χ4v) is 1.92. The maximum Gasteiger partial charge on any atom is 0.183 e. The molecular formula is C11H12BrN3OS. The molecule has 1 aromatic rings. The Bertz CT molecular complexity index is 457. The third-order valence-corrected chi connectivity index (χ3v) is 3.04. The molecule has 0 radical (unpaired) electrons. The van der Waals surface area contributed by atoms with E-state index in [0.29, 0.717) is 23.2 Å². The summed E-state index contributed by atoms with van der Waals surface area (Å²) < 4.78 is 6.31. The summed E-state index contributed by atoms with van der Waals surface area (Å²) in [6.45, 7) is 2.48. The minimum Gasteiger partial charge on any atom is -0.492 e. The van der Waals surface area contributed by atoms with Gasteiger partial charge in [0.25, 0.3) is 0 Å². The summed E-state index contributed by atoms with van der Waals surface area (Å²) in [7, 11) is 0. The summed E-state index contributed by atoms with van der Waals surface area (Å²) in [5.74, 6) is 0.688. The number of halogens is 1. The number of para-hydroxylation sites is 1. The molecule has 0 bridgehead atoms. The van der Waals surface area contributed by atoms with Gasteiger partial charge in [-0.3, -0.25) is 5.32 Å². The van der Waals surface area contributed by atoms with Crippen LogP contribution in [0.25, 0.3) is 0 Å². The van der Waals surface area contributed by atoms with Crippen LogP contribution in [-0.4, -0.2) is 18.0 Å². The van der Waals surface area contributed by atoms with Crippen molar-refractivity contribution in [2.45, 2.75) is 6.92 Å². The van der Waals surface area contributed by atoms with E-state index in [2.05, 4.69) is 26.2 Å². The van der Waals surface area contributed by atoms with Crippen LogP contribution in [0.5, 0.6) is 5.75 Å². The van der Waals surface area contributed by atoms with Crippen molar-refractivity contribution >= 4 is 38.5 Å². The summed E-state index contributed by atoms with van der Waals surface area (Å²) in [5, 5.41) is 11.6. The molecule has 0 amide bonds.